The highest BCUT2D eigenvalue weighted by atomic mass is 32.1. The van der Waals surface area contributed by atoms with E-state index >= 15 is 0 Å². The van der Waals surface area contributed by atoms with Gasteiger partial charge in [0.05, 0.1) is 11.0 Å². The molecule has 1 atom stereocenters. The van der Waals surface area contributed by atoms with Gasteiger partial charge in [-0.3, -0.25) is 10.3 Å². The van der Waals surface area contributed by atoms with Gasteiger partial charge in [0.1, 0.15) is 0 Å². The van der Waals surface area contributed by atoms with Crippen molar-refractivity contribution in [2.75, 3.05) is 11.9 Å². The summed E-state index contributed by atoms with van der Waals surface area (Å²) in [6.07, 6.45) is 5.61. The largest absolute Gasteiger partial charge is 0.348 e. The van der Waals surface area contributed by atoms with Gasteiger partial charge in [0.25, 0.3) is 0 Å². The minimum atomic E-state index is -0.0956. The van der Waals surface area contributed by atoms with Gasteiger partial charge in [-0.05, 0) is 47.3 Å². The molecular weight excluding hydrogens is 308 g/mol. The van der Waals surface area contributed by atoms with E-state index < -0.39 is 0 Å². The lowest BCUT2D eigenvalue weighted by atomic mass is 10.0. The molecule has 6 heteroatoms. The van der Waals surface area contributed by atoms with Crippen molar-refractivity contribution >= 4 is 22.4 Å². The maximum atomic E-state index is 12.8. The van der Waals surface area contributed by atoms with Gasteiger partial charge in [0.15, 0.2) is 0 Å². The van der Waals surface area contributed by atoms with E-state index in [1.165, 1.54) is 11.3 Å². The molecule has 23 heavy (non-hydrogen) atoms. The second-order valence-corrected chi connectivity index (χ2v) is 6.36. The zero-order valence-corrected chi connectivity index (χ0v) is 13.2. The topological polar surface area (TPSA) is 50.2 Å². The molecule has 1 aliphatic rings. The monoisotopic (exact) mass is 324 g/mol. The molecule has 0 saturated heterocycles. The summed E-state index contributed by atoms with van der Waals surface area (Å²) in [5, 5.41) is 5.82. The van der Waals surface area contributed by atoms with Crippen molar-refractivity contribution in [3.05, 3.63) is 71.6 Å². The van der Waals surface area contributed by atoms with Crippen LogP contribution in [0.1, 0.15) is 17.3 Å². The molecule has 1 aliphatic heterocycles. The van der Waals surface area contributed by atoms with Crippen LogP contribution in [0.3, 0.4) is 0 Å². The number of nitrogens with zero attached hydrogens (tertiary/aromatic N) is 3. The lowest BCUT2D eigenvalue weighted by molar-refractivity contribution is 0.182. The van der Waals surface area contributed by atoms with Gasteiger partial charge in [-0.15, -0.1) is 11.3 Å². The van der Waals surface area contributed by atoms with Crippen LogP contribution in [0.5, 0.6) is 0 Å². The third-order valence-electron chi connectivity index (χ3n) is 4.07. The Morgan fingerprint density at radius 1 is 1.17 bits per heavy atom. The normalized spacial score (nSPS) is 16.9. The Kier molecular flexibility index (Phi) is 3.59. The summed E-state index contributed by atoms with van der Waals surface area (Å²) in [5.41, 5.74) is 2.20. The molecule has 0 radical (unpaired) electrons. The number of thiophene rings is 1. The lowest BCUT2D eigenvalue weighted by Crippen LogP contribution is -2.44. The molecular formula is C17H16N4OS. The molecule has 0 spiro atoms. The second-order valence-electron chi connectivity index (χ2n) is 5.41. The smallest absolute Gasteiger partial charge is 0.323 e. The van der Waals surface area contributed by atoms with Gasteiger partial charge in [-0.1, -0.05) is 0 Å². The number of aromatic nitrogens is 2. The van der Waals surface area contributed by atoms with Crippen LogP contribution in [0, 0.1) is 0 Å². The van der Waals surface area contributed by atoms with Crippen molar-refractivity contribution in [1.82, 2.24) is 14.5 Å². The lowest BCUT2D eigenvalue weighted by Gasteiger charge is -2.37. The summed E-state index contributed by atoms with van der Waals surface area (Å²) >= 11 is 1.53. The number of amides is 2. The van der Waals surface area contributed by atoms with Crippen molar-refractivity contribution in [3.63, 3.8) is 0 Å². The average molecular weight is 324 g/mol. The first kappa shape index (κ1) is 14.0. The predicted octanol–water partition coefficient (Wildman–Crippen LogP) is 3.58. The quantitative estimate of drug-likeness (QED) is 0.783. The predicted molar refractivity (Wildman–Crippen MR) is 90.6 cm³/mol. The Labute approximate surface area is 138 Å². The average Bonchev–Trinajstić information content (AvgIpc) is 3.25. The summed E-state index contributed by atoms with van der Waals surface area (Å²) in [6, 6.07) is 11.7. The van der Waals surface area contributed by atoms with Crippen molar-refractivity contribution in [1.29, 1.82) is 0 Å². The number of anilines is 1. The molecule has 0 bridgehead atoms. The molecule has 4 rings (SSSR count). The van der Waals surface area contributed by atoms with Gasteiger partial charge in [0.2, 0.25) is 0 Å². The highest BCUT2D eigenvalue weighted by molar-refractivity contribution is 7.14. The number of urea groups is 1. The molecule has 0 aromatic carbocycles. The molecule has 1 unspecified atom stereocenters. The SMILES string of the molecule is O=C(Nc1cccs1)N1CCn2cccc2C1c1ccncc1. The van der Waals surface area contributed by atoms with Gasteiger partial charge in [-0.2, -0.15) is 0 Å². The number of hydrogen-bond donors (Lipinski definition) is 1. The summed E-state index contributed by atoms with van der Waals surface area (Å²) in [5.74, 6) is 0. The van der Waals surface area contributed by atoms with Crippen molar-refractivity contribution < 1.29 is 4.79 Å². The third-order valence-corrected chi connectivity index (χ3v) is 4.86. The summed E-state index contributed by atoms with van der Waals surface area (Å²) in [7, 11) is 0. The van der Waals surface area contributed by atoms with Crippen LogP contribution in [0.15, 0.2) is 60.4 Å². The molecule has 5 nitrogen and oxygen atoms in total. The Morgan fingerprint density at radius 3 is 2.83 bits per heavy atom. The fraction of sp³-hybridized carbons (Fsp3) is 0.176. The zero-order valence-electron chi connectivity index (χ0n) is 12.4. The molecule has 0 fully saturated rings. The van der Waals surface area contributed by atoms with E-state index in [1.54, 1.807) is 12.4 Å². The molecule has 3 aromatic rings. The first-order chi connectivity index (χ1) is 11.3. The highest BCUT2D eigenvalue weighted by Gasteiger charge is 2.32. The number of nitrogens with one attached hydrogen (secondary N) is 1. The van der Waals surface area contributed by atoms with Gasteiger partial charge >= 0.3 is 6.03 Å². The van der Waals surface area contributed by atoms with E-state index in [9.17, 15) is 4.79 Å². The highest BCUT2D eigenvalue weighted by Crippen LogP contribution is 2.32. The van der Waals surface area contributed by atoms with Crippen molar-refractivity contribution in [2.45, 2.75) is 12.6 Å². The summed E-state index contributed by atoms with van der Waals surface area (Å²) in [6.45, 7) is 1.48. The molecule has 116 valence electrons. The van der Waals surface area contributed by atoms with Crippen LogP contribution in [-0.4, -0.2) is 27.0 Å². The fourth-order valence-corrected chi connectivity index (χ4v) is 3.63. The Morgan fingerprint density at radius 2 is 2.04 bits per heavy atom. The number of pyridine rings is 1. The number of hydrogen-bond acceptors (Lipinski definition) is 3. The van der Waals surface area contributed by atoms with Crippen molar-refractivity contribution in [3.8, 4) is 0 Å². The first-order valence-corrected chi connectivity index (χ1v) is 8.37. The van der Waals surface area contributed by atoms with Crippen LogP contribution in [0.25, 0.3) is 0 Å². The number of carbonyl (C=O) groups excluding carboxylic acids is 1. The molecule has 2 amide bonds. The summed E-state index contributed by atoms with van der Waals surface area (Å²) < 4.78 is 2.21. The molecule has 4 heterocycles. The molecule has 0 aliphatic carbocycles. The Hall–Kier alpha value is -2.60. The Balaban J connectivity index is 1.69. The van der Waals surface area contributed by atoms with Crippen LogP contribution >= 0.6 is 11.3 Å². The van der Waals surface area contributed by atoms with Crippen LogP contribution in [0.4, 0.5) is 9.80 Å². The van der Waals surface area contributed by atoms with Gasteiger partial charge in [0, 0.05) is 37.4 Å². The number of rotatable bonds is 2. The maximum Gasteiger partial charge on any atom is 0.323 e. The molecule has 1 N–H and O–H groups in total. The van der Waals surface area contributed by atoms with Gasteiger partial charge < -0.3 is 9.47 Å². The van der Waals surface area contributed by atoms with Crippen LogP contribution < -0.4 is 5.32 Å². The Bertz CT molecular complexity index is 797. The molecule has 3 aromatic heterocycles. The molecule has 0 saturated carbocycles. The number of carbonyl (C=O) groups is 1. The summed E-state index contributed by atoms with van der Waals surface area (Å²) in [4.78, 5) is 18.8. The van der Waals surface area contributed by atoms with Gasteiger partial charge in [-0.25, -0.2) is 4.79 Å². The van der Waals surface area contributed by atoms with E-state index in [2.05, 4.69) is 27.1 Å². The maximum absolute atomic E-state index is 12.8. The second kappa shape index (κ2) is 5.89. The zero-order chi connectivity index (χ0) is 15.6. The van der Waals surface area contributed by atoms with E-state index in [0.29, 0.717) is 6.54 Å². The standard InChI is InChI=1S/C17H16N4OS/c22-17(19-15-4-2-12-23-15)21-11-10-20-9-1-3-14(20)16(21)13-5-7-18-8-6-13/h1-9,12,16H,10-11H2,(H,19,22). The number of fused-ring (bicyclic) bond motifs is 1. The van der Waals surface area contributed by atoms with E-state index in [1.807, 2.05) is 40.6 Å². The fourth-order valence-electron chi connectivity index (χ4n) is 3.03. The van der Waals surface area contributed by atoms with Crippen LogP contribution in [-0.2, 0) is 6.54 Å². The van der Waals surface area contributed by atoms with E-state index in [0.717, 1.165) is 22.8 Å². The van der Waals surface area contributed by atoms with E-state index in [-0.39, 0.29) is 12.1 Å². The first-order valence-electron chi connectivity index (χ1n) is 7.49. The van der Waals surface area contributed by atoms with Crippen LogP contribution in [0.2, 0.25) is 0 Å². The van der Waals surface area contributed by atoms with Crippen molar-refractivity contribution in [2.24, 2.45) is 0 Å². The minimum Gasteiger partial charge on any atom is -0.348 e. The van der Waals surface area contributed by atoms with E-state index in [4.69, 9.17) is 0 Å². The third kappa shape index (κ3) is 2.61. The minimum absolute atomic E-state index is 0.0679.